The summed E-state index contributed by atoms with van der Waals surface area (Å²) in [6, 6.07) is 20.3. The number of benzene rings is 3. The minimum absolute atomic E-state index is 0.0546. The summed E-state index contributed by atoms with van der Waals surface area (Å²) in [5, 5.41) is 0. The lowest BCUT2D eigenvalue weighted by Crippen LogP contribution is -2.01. The summed E-state index contributed by atoms with van der Waals surface area (Å²) in [5.74, 6) is -0.851. The molecule has 4 nitrogen and oxygen atoms in total. The fourth-order valence-corrected chi connectivity index (χ4v) is 4.05. The highest BCUT2D eigenvalue weighted by atomic mass is 19.2. The van der Waals surface area contributed by atoms with Crippen molar-refractivity contribution in [2.75, 3.05) is 6.61 Å². The number of fused-ring (bicyclic) bond motifs is 1. The van der Waals surface area contributed by atoms with Gasteiger partial charge in [-0.2, -0.15) is 0 Å². The molecule has 174 valence electrons. The maximum Gasteiger partial charge on any atom is 0.169 e. The molecule has 0 saturated heterocycles. The van der Waals surface area contributed by atoms with Crippen LogP contribution in [0.15, 0.2) is 91.8 Å². The SMILES string of the molecule is C=CCOc1ccc(-c2ccc(Cn3ccc4nc(-c5cccc(F)c5F)nc-4c3)cc2)c(C)c1. The van der Waals surface area contributed by atoms with E-state index in [-0.39, 0.29) is 11.4 Å². The molecule has 0 bridgehead atoms. The molecule has 2 aliphatic heterocycles. The van der Waals surface area contributed by atoms with Gasteiger partial charge in [-0.15, -0.1) is 0 Å². The van der Waals surface area contributed by atoms with E-state index in [1.54, 1.807) is 6.08 Å². The topological polar surface area (TPSA) is 39.9 Å². The predicted octanol–water partition coefficient (Wildman–Crippen LogP) is 6.92. The molecule has 0 atom stereocenters. The van der Waals surface area contributed by atoms with Gasteiger partial charge in [-0.3, -0.25) is 0 Å². The van der Waals surface area contributed by atoms with E-state index in [1.807, 2.05) is 35.2 Å². The zero-order valence-corrected chi connectivity index (χ0v) is 19.2. The van der Waals surface area contributed by atoms with Crippen molar-refractivity contribution in [1.29, 1.82) is 0 Å². The Bertz CT molecular complexity index is 1470. The molecule has 3 aromatic rings. The van der Waals surface area contributed by atoms with Crippen LogP contribution in [0.4, 0.5) is 8.78 Å². The van der Waals surface area contributed by atoms with E-state index >= 15 is 0 Å². The first-order valence-corrected chi connectivity index (χ1v) is 11.2. The Kier molecular flexibility index (Phi) is 6.10. The average Bonchev–Trinajstić information content (AvgIpc) is 3.28. The van der Waals surface area contributed by atoms with E-state index in [4.69, 9.17) is 4.74 Å². The summed E-state index contributed by atoms with van der Waals surface area (Å²) in [5.41, 5.74) is 5.85. The summed E-state index contributed by atoms with van der Waals surface area (Å²) in [7, 11) is 0. The van der Waals surface area contributed by atoms with Crippen LogP contribution in [-0.2, 0) is 6.54 Å². The number of ether oxygens (including phenoxy) is 1. The molecule has 0 fully saturated rings. The number of aromatic nitrogens is 3. The smallest absolute Gasteiger partial charge is 0.169 e. The third-order valence-corrected chi connectivity index (χ3v) is 5.82. The van der Waals surface area contributed by atoms with Gasteiger partial charge >= 0.3 is 0 Å². The summed E-state index contributed by atoms with van der Waals surface area (Å²) < 4.78 is 35.4. The van der Waals surface area contributed by atoms with Gasteiger partial charge in [0.05, 0.1) is 11.3 Å². The Hall–Kier alpha value is -4.32. The van der Waals surface area contributed by atoms with Crippen molar-refractivity contribution in [2.24, 2.45) is 0 Å². The van der Waals surface area contributed by atoms with Crippen LogP contribution in [-0.4, -0.2) is 21.1 Å². The lowest BCUT2D eigenvalue weighted by molar-refractivity contribution is 0.363. The molecule has 0 saturated carbocycles. The zero-order chi connectivity index (χ0) is 24.4. The van der Waals surface area contributed by atoms with E-state index in [1.165, 1.54) is 12.1 Å². The Morgan fingerprint density at radius 3 is 2.51 bits per heavy atom. The third kappa shape index (κ3) is 4.68. The summed E-state index contributed by atoms with van der Waals surface area (Å²) in [6.07, 6.45) is 5.50. The summed E-state index contributed by atoms with van der Waals surface area (Å²) in [4.78, 5) is 8.79. The molecule has 3 aromatic carbocycles. The standard InChI is InChI=1S/C29H23F2N3O/c1-3-15-35-22-11-12-23(19(2)16-22)21-9-7-20(8-10-21)17-34-14-13-26-27(18-34)33-29(32-26)24-5-4-6-25(30)28(24)31/h3-14,16,18H,1,15,17H2,2H3. The van der Waals surface area contributed by atoms with Crippen molar-refractivity contribution in [2.45, 2.75) is 13.5 Å². The van der Waals surface area contributed by atoms with Gasteiger partial charge in [0, 0.05) is 18.9 Å². The van der Waals surface area contributed by atoms with Crippen molar-refractivity contribution in [3.63, 3.8) is 0 Å². The number of hydrogen-bond acceptors (Lipinski definition) is 3. The molecule has 0 aromatic heterocycles. The second-order valence-electron chi connectivity index (χ2n) is 8.31. The Labute approximate surface area is 202 Å². The normalized spacial score (nSPS) is 11.1. The molecule has 0 spiro atoms. The van der Waals surface area contributed by atoms with Crippen LogP contribution in [0.2, 0.25) is 0 Å². The van der Waals surface area contributed by atoms with Crippen molar-refractivity contribution >= 4 is 0 Å². The molecular weight excluding hydrogens is 444 g/mol. The van der Waals surface area contributed by atoms with E-state index in [2.05, 4.69) is 53.8 Å². The van der Waals surface area contributed by atoms with Gasteiger partial charge in [-0.1, -0.05) is 49.1 Å². The molecule has 6 heteroatoms. The molecule has 2 aliphatic rings. The van der Waals surface area contributed by atoms with Gasteiger partial charge in [-0.05, 0) is 59.5 Å². The maximum absolute atomic E-state index is 14.2. The largest absolute Gasteiger partial charge is 0.490 e. The highest BCUT2D eigenvalue weighted by Crippen LogP contribution is 2.29. The molecule has 0 aliphatic carbocycles. The fourth-order valence-electron chi connectivity index (χ4n) is 4.05. The van der Waals surface area contributed by atoms with Gasteiger partial charge in [0.15, 0.2) is 17.5 Å². The van der Waals surface area contributed by atoms with Crippen molar-refractivity contribution < 1.29 is 13.5 Å². The minimum Gasteiger partial charge on any atom is -0.490 e. The van der Waals surface area contributed by atoms with Crippen LogP contribution in [0.25, 0.3) is 33.9 Å². The van der Waals surface area contributed by atoms with Crippen molar-refractivity contribution in [3.8, 4) is 39.7 Å². The van der Waals surface area contributed by atoms with E-state index in [0.717, 1.165) is 34.1 Å². The molecule has 5 rings (SSSR count). The number of hydrogen-bond donors (Lipinski definition) is 0. The van der Waals surface area contributed by atoms with Crippen LogP contribution in [0.3, 0.4) is 0 Å². The summed E-state index contributed by atoms with van der Waals surface area (Å²) in [6.45, 7) is 6.87. The lowest BCUT2D eigenvalue weighted by Gasteiger charge is -2.11. The maximum atomic E-state index is 14.2. The predicted molar refractivity (Wildman–Crippen MR) is 133 cm³/mol. The first-order valence-electron chi connectivity index (χ1n) is 11.2. The molecule has 2 heterocycles. The lowest BCUT2D eigenvalue weighted by atomic mass is 9.99. The molecule has 35 heavy (non-hydrogen) atoms. The second-order valence-corrected chi connectivity index (χ2v) is 8.31. The quantitative estimate of drug-likeness (QED) is 0.244. The molecule has 0 N–H and O–H groups in total. The van der Waals surface area contributed by atoms with Crippen molar-refractivity contribution in [3.05, 3.63) is 115 Å². The van der Waals surface area contributed by atoms with Gasteiger partial charge in [0.2, 0.25) is 0 Å². The molecule has 0 amide bonds. The second kappa shape index (κ2) is 9.50. The van der Waals surface area contributed by atoms with Crippen LogP contribution < -0.4 is 4.74 Å². The first kappa shape index (κ1) is 22.5. The number of rotatable bonds is 7. The Morgan fingerprint density at radius 2 is 1.74 bits per heavy atom. The third-order valence-electron chi connectivity index (χ3n) is 5.82. The highest BCUT2D eigenvalue weighted by molar-refractivity contribution is 5.68. The van der Waals surface area contributed by atoms with Gasteiger partial charge in [0.25, 0.3) is 0 Å². The number of pyridine rings is 1. The number of imidazole rings is 1. The van der Waals surface area contributed by atoms with E-state index in [0.29, 0.717) is 24.5 Å². The number of halogens is 2. The summed E-state index contributed by atoms with van der Waals surface area (Å²) >= 11 is 0. The molecule has 0 radical (unpaired) electrons. The van der Waals surface area contributed by atoms with Crippen LogP contribution in [0.5, 0.6) is 5.75 Å². The zero-order valence-electron chi connectivity index (χ0n) is 19.2. The Balaban J connectivity index is 1.34. The monoisotopic (exact) mass is 467 g/mol. The van der Waals surface area contributed by atoms with Crippen LogP contribution in [0, 0.1) is 18.6 Å². The van der Waals surface area contributed by atoms with E-state index in [9.17, 15) is 8.78 Å². The minimum atomic E-state index is -0.940. The highest BCUT2D eigenvalue weighted by Gasteiger charge is 2.17. The van der Waals surface area contributed by atoms with E-state index < -0.39 is 11.6 Å². The Morgan fingerprint density at radius 1 is 0.943 bits per heavy atom. The number of nitrogens with zero attached hydrogens (tertiary/aromatic N) is 3. The number of aryl methyl sites for hydroxylation is 1. The van der Waals surface area contributed by atoms with Crippen molar-refractivity contribution in [1.82, 2.24) is 14.5 Å². The molecule has 0 unspecified atom stereocenters. The average molecular weight is 468 g/mol. The van der Waals surface area contributed by atoms with Gasteiger partial charge < -0.3 is 9.30 Å². The van der Waals surface area contributed by atoms with Gasteiger partial charge in [0.1, 0.15) is 18.1 Å². The van der Waals surface area contributed by atoms with Crippen LogP contribution >= 0.6 is 0 Å². The first-order chi connectivity index (χ1) is 17.0. The van der Waals surface area contributed by atoms with Gasteiger partial charge in [-0.25, -0.2) is 18.7 Å². The fraction of sp³-hybridized carbons (Fsp3) is 0.103. The van der Waals surface area contributed by atoms with Crippen LogP contribution in [0.1, 0.15) is 11.1 Å². The molecular formula is C29H23F2N3O.